The lowest BCUT2D eigenvalue weighted by Gasteiger charge is -2.16. The molecule has 0 aliphatic heterocycles. The van der Waals surface area contributed by atoms with E-state index in [0.29, 0.717) is 0 Å². The highest BCUT2D eigenvalue weighted by Crippen LogP contribution is 2.34. The minimum absolute atomic E-state index is 0.149. The number of carboxylic acid groups (broad SMARTS) is 1. The van der Waals surface area contributed by atoms with Crippen molar-refractivity contribution in [3.05, 3.63) is 29.8 Å². The molecule has 1 aliphatic rings. The summed E-state index contributed by atoms with van der Waals surface area (Å²) in [5.41, 5.74) is 1.06. The van der Waals surface area contributed by atoms with Crippen molar-refractivity contribution < 1.29 is 18.3 Å². The van der Waals surface area contributed by atoms with Crippen molar-refractivity contribution in [3.63, 3.8) is 0 Å². The van der Waals surface area contributed by atoms with Gasteiger partial charge >= 0.3 is 5.97 Å². The van der Waals surface area contributed by atoms with Crippen LogP contribution in [0.5, 0.6) is 0 Å². The lowest BCUT2D eigenvalue weighted by atomic mass is 10.1. The number of nitrogens with one attached hydrogen (secondary N) is 1. The number of hydrogen-bond donors (Lipinski definition) is 2. The summed E-state index contributed by atoms with van der Waals surface area (Å²) >= 11 is 0. The molecule has 20 heavy (non-hydrogen) atoms. The summed E-state index contributed by atoms with van der Waals surface area (Å²) in [6.07, 6.45) is 2.44. The molecule has 1 aromatic carbocycles. The van der Waals surface area contributed by atoms with E-state index in [0.717, 1.165) is 24.8 Å². The fourth-order valence-corrected chi connectivity index (χ4v) is 3.47. The van der Waals surface area contributed by atoms with Crippen molar-refractivity contribution >= 4 is 16.0 Å². The van der Waals surface area contributed by atoms with E-state index in [1.54, 1.807) is 24.3 Å². The van der Waals surface area contributed by atoms with Gasteiger partial charge in [0.25, 0.3) is 0 Å². The van der Waals surface area contributed by atoms with Crippen LogP contribution in [0.4, 0.5) is 0 Å². The van der Waals surface area contributed by atoms with Gasteiger partial charge in [0.1, 0.15) is 0 Å². The van der Waals surface area contributed by atoms with Crippen LogP contribution in [0, 0.1) is 5.92 Å². The Morgan fingerprint density at radius 3 is 2.40 bits per heavy atom. The summed E-state index contributed by atoms with van der Waals surface area (Å²) in [5, 5.41) is 8.86. The van der Waals surface area contributed by atoms with Crippen LogP contribution in [-0.4, -0.2) is 25.5 Å². The first-order valence-corrected chi connectivity index (χ1v) is 8.23. The molecule has 0 spiro atoms. The molecule has 1 unspecified atom stereocenters. The average Bonchev–Trinajstić information content (AvgIpc) is 3.21. The molecule has 0 heterocycles. The predicted octanol–water partition coefficient (Wildman–Crippen LogP) is 1.78. The van der Waals surface area contributed by atoms with Crippen LogP contribution >= 0.6 is 0 Å². The van der Waals surface area contributed by atoms with Gasteiger partial charge in [-0.25, -0.2) is 13.1 Å². The molecule has 110 valence electrons. The third-order valence-corrected chi connectivity index (χ3v) is 5.04. The Morgan fingerprint density at radius 1 is 1.35 bits per heavy atom. The number of sulfonamides is 1. The van der Waals surface area contributed by atoms with E-state index in [1.807, 2.05) is 6.92 Å². The molecule has 0 radical (unpaired) electrons. The van der Waals surface area contributed by atoms with Gasteiger partial charge in [-0.05, 0) is 42.9 Å². The van der Waals surface area contributed by atoms with Crippen molar-refractivity contribution in [2.45, 2.75) is 43.5 Å². The third-order valence-electron chi connectivity index (χ3n) is 3.53. The molecule has 0 aromatic heterocycles. The minimum atomic E-state index is -3.65. The Kier molecular flexibility index (Phi) is 4.45. The van der Waals surface area contributed by atoms with E-state index in [1.165, 1.54) is 0 Å². The number of benzene rings is 1. The Balaban J connectivity index is 2.13. The van der Waals surface area contributed by atoms with Crippen molar-refractivity contribution in [1.82, 2.24) is 4.72 Å². The molecule has 6 heteroatoms. The second kappa shape index (κ2) is 5.93. The number of carbonyl (C=O) groups is 1. The van der Waals surface area contributed by atoms with Gasteiger partial charge in [0.15, 0.2) is 0 Å². The van der Waals surface area contributed by atoms with E-state index < -0.39 is 22.0 Å². The van der Waals surface area contributed by atoms with Gasteiger partial charge in [-0.2, -0.15) is 0 Å². The highest BCUT2D eigenvalue weighted by Gasteiger charge is 2.35. The van der Waals surface area contributed by atoms with Crippen molar-refractivity contribution in [2.24, 2.45) is 5.92 Å². The number of hydrogen-bond acceptors (Lipinski definition) is 3. The minimum Gasteiger partial charge on any atom is -0.481 e. The average molecular weight is 297 g/mol. The van der Waals surface area contributed by atoms with Crippen molar-refractivity contribution in [2.75, 3.05) is 0 Å². The largest absolute Gasteiger partial charge is 0.481 e. The Hall–Kier alpha value is -1.40. The van der Waals surface area contributed by atoms with E-state index in [-0.39, 0.29) is 17.2 Å². The van der Waals surface area contributed by atoms with Crippen LogP contribution in [0.2, 0.25) is 0 Å². The third kappa shape index (κ3) is 3.80. The second-order valence-electron chi connectivity index (χ2n) is 5.16. The first-order valence-electron chi connectivity index (χ1n) is 6.75. The Morgan fingerprint density at radius 2 is 1.95 bits per heavy atom. The first kappa shape index (κ1) is 15.0. The lowest BCUT2D eigenvalue weighted by Crippen LogP contribution is -2.38. The fourth-order valence-electron chi connectivity index (χ4n) is 2.16. The van der Waals surface area contributed by atoms with Crippen LogP contribution < -0.4 is 4.72 Å². The topological polar surface area (TPSA) is 83.5 Å². The van der Waals surface area contributed by atoms with Gasteiger partial charge < -0.3 is 5.11 Å². The van der Waals surface area contributed by atoms with Gasteiger partial charge in [0.2, 0.25) is 10.0 Å². The fraction of sp³-hybridized carbons (Fsp3) is 0.500. The summed E-state index contributed by atoms with van der Waals surface area (Å²) in [6.45, 7) is 2.00. The van der Waals surface area contributed by atoms with Crippen LogP contribution in [0.25, 0.3) is 0 Å². The zero-order chi connectivity index (χ0) is 14.8. The quantitative estimate of drug-likeness (QED) is 0.803. The van der Waals surface area contributed by atoms with Gasteiger partial charge in [0.05, 0.1) is 11.3 Å². The maximum atomic E-state index is 12.3. The van der Waals surface area contributed by atoms with Crippen LogP contribution in [-0.2, 0) is 21.2 Å². The summed E-state index contributed by atoms with van der Waals surface area (Å²) in [6, 6.07) is 6.16. The number of aryl methyl sites for hydroxylation is 1. The molecule has 2 N–H and O–H groups in total. The van der Waals surface area contributed by atoms with E-state index in [9.17, 15) is 13.2 Å². The predicted molar refractivity (Wildman–Crippen MR) is 74.9 cm³/mol. The molecule has 2 rings (SSSR count). The molecular formula is C14H19NO4S. The molecule has 1 aromatic rings. The standard InChI is InChI=1S/C14H19NO4S/c1-2-10-3-7-12(8-4-10)20(18,19)15-13(9-14(16)17)11-5-6-11/h3-4,7-8,11,13,15H,2,5-6,9H2,1H3,(H,16,17). The van der Waals surface area contributed by atoms with Crippen LogP contribution in [0.1, 0.15) is 31.7 Å². The summed E-state index contributed by atoms with van der Waals surface area (Å²) in [7, 11) is -3.65. The smallest absolute Gasteiger partial charge is 0.304 e. The molecule has 0 saturated heterocycles. The molecular weight excluding hydrogens is 278 g/mol. The van der Waals surface area contributed by atoms with E-state index in [4.69, 9.17) is 5.11 Å². The zero-order valence-corrected chi connectivity index (χ0v) is 12.2. The van der Waals surface area contributed by atoms with Gasteiger partial charge in [-0.1, -0.05) is 19.1 Å². The highest BCUT2D eigenvalue weighted by atomic mass is 32.2. The summed E-state index contributed by atoms with van der Waals surface area (Å²) in [4.78, 5) is 11.0. The van der Waals surface area contributed by atoms with Gasteiger partial charge in [-0.15, -0.1) is 0 Å². The molecule has 0 bridgehead atoms. The summed E-state index contributed by atoms with van der Waals surface area (Å²) < 4.78 is 27.0. The molecule has 1 atom stereocenters. The van der Waals surface area contributed by atoms with Crippen molar-refractivity contribution in [3.8, 4) is 0 Å². The molecule has 0 amide bonds. The maximum Gasteiger partial charge on any atom is 0.304 e. The first-order chi connectivity index (χ1) is 9.42. The highest BCUT2D eigenvalue weighted by molar-refractivity contribution is 7.89. The normalized spacial score (nSPS) is 16.9. The van der Waals surface area contributed by atoms with Crippen molar-refractivity contribution in [1.29, 1.82) is 0 Å². The second-order valence-corrected chi connectivity index (χ2v) is 6.87. The SMILES string of the molecule is CCc1ccc(S(=O)(=O)NC(CC(=O)O)C2CC2)cc1. The number of carboxylic acids is 1. The van der Waals surface area contributed by atoms with Crippen LogP contribution in [0.15, 0.2) is 29.2 Å². The van der Waals surface area contributed by atoms with Crippen LogP contribution in [0.3, 0.4) is 0 Å². The molecule has 1 saturated carbocycles. The lowest BCUT2D eigenvalue weighted by molar-refractivity contribution is -0.137. The van der Waals surface area contributed by atoms with Gasteiger partial charge in [0, 0.05) is 6.04 Å². The molecule has 1 fully saturated rings. The Labute approximate surface area is 119 Å². The van der Waals surface area contributed by atoms with Gasteiger partial charge in [-0.3, -0.25) is 4.79 Å². The number of rotatable bonds is 7. The Bertz CT molecular complexity index is 576. The zero-order valence-electron chi connectivity index (χ0n) is 11.4. The number of aliphatic carboxylic acids is 1. The van der Waals surface area contributed by atoms with E-state index in [2.05, 4.69) is 4.72 Å². The maximum absolute atomic E-state index is 12.3. The molecule has 1 aliphatic carbocycles. The monoisotopic (exact) mass is 297 g/mol. The summed E-state index contributed by atoms with van der Waals surface area (Å²) in [5.74, 6) is -0.832. The van der Waals surface area contributed by atoms with E-state index >= 15 is 0 Å². The molecule has 5 nitrogen and oxygen atoms in total.